The minimum absolute atomic E-state index is 0.444. The molecule has 70 valence electrons. The van der Waals surface area contributed by atoms with Gasteiger partial charge in [-0.25, -0.2) is 4.68 Å². The number of hydrogen-bond acceptors (Lipinski definition) is 3. The summed E-state index contributed by atoms with van der Waals surface area (Å²) in [6.07, 6.45) is 1.01. The first-order chi connectivity index (χ1) is 6.20. The summed E-state index contributed by atoms with van der Waals surface area (Å²) < 4.78 is 2.28. The van der Waals surface area contributed by atoms with E-state index < -0.39 is 5.91 Å². The highest BCUT2D eigenvalue weighted by atomic mass is 79.9. The second-order valence-electron chi connectivity index (χ2n) is 2.88. The molecule has 0 aromatic carbocycles. The molecule has 0 unspecified atom stereocenters. The Bertz CT molecular complexity index is 360. The number of aromatic nitrogens is 2. The highest BCUT2D eigenvalue weighted by Crippen LogP contribution is 2.26. The van der Waals surface area contributed by atoms with Crippen molar-refractivity contribution >= 4 is 27.7 Å². The van der Waals surface area contributed by atoms with Crippen molar-refractivity contribution < 1.29 is 4.79 Å². The number of carbonyl (C=O) groups excluding carboxylic acids is 1. The highest BCUT2D eigenvalue weighted by Gasteiger charge is 2.22. The zero-order valence-electron chi connectivity index (χ0n) is 6.88. The van der Waals surface area contributed by atoms with E-state index in [1.54, 1.807) is 4.68 Å². The van der Waals surface area contributed by atoms with Crippen LogP contribution in [0.4, 0.5) is 5.82 Å². The van der Waals surface area contributed by atoms with Crippen molar-refractivity contribution in [2.45, 2.75) is 13.0 Å². The van der Waals surface area contributed by atoms with Gasteiger partial charge in [-0.05, 0) is 22.4 Å². The molecule has 1 aromatic rings. The predicted molar refractivity (Wildman–Crippen MR) is 51.6 cm³/mol. The van der Waals surface area contributed by atoms with Gasteiger partial charge in [0.2, 0.25) is 0 Å². The van der Waals surface area contributed by atoms with Gasteiger partial charge in [-0.15, -0.1) is 0 Å². The van der Waals surface area contributed by atoms with Crippen LogP contribution in [0.15, 0.2) is 4.60 Å². The molecule has 0 saturated carbocycles. The van der Waals surface area contributed by atoms with E-state index in [-0.39, 0.29) is 0 Å². The van der Waals surface area contributed by atoms with Crippen molar-refractivity contribution in [2.24, 2.45) is 5.73 Å². The number of primary amides is 1. The zero-order valence-corrected chi connectivity index (χ0v) is 8.47. The van der Waals surface area contributed by atoms with Gasteiger partial charge < -0.3 is 11.1 Å². The lowest BCUT2D eigenvalue weighted by Crippen LogP contribution is -2.21. The van der Waals surface area contributed by atoms with Gasteiger partial charge in [0, 0.05) is 13.1 Å². The summed E-state index contributed by atoms with van der Waals surface area (Å²) in [7, 11) is 0. The third-order valence-corrected chi connectivity index (χ3v) is 2.55. The lowest BCUT2D eigenvalue weighted by molar-refractivity contribution is 0.1000. The molecule has 1 aliphatic rings. The molecule has 2 heterocycles. The quantitative estimate of drug-likeness (QED) is 0.759. The first-order valence-electron chi connectivity index (χ1n) is 4.00. The molecule has 0 saturated heterocycles. The molecule has 1 aromatic heterocycles. The number of aryl methyl sites for hydroxylation is 1. The molecule has 0 aliphatic carbocycles. The second kappa shape index (κ2) is 3.02. The van der Waals surface area contributed by atoms with Gasteiger partial charge in [-0.1, -0.05) is 0 Å². The van der Waals surface area contributed by atoms with Crippen LogP contribution >= 0.6 is 15.9 Å². The normalized spacial score (nSPS) is 14.8. The van der Waals surface area contributed by atoms with E-state index in [9.17, 15) is 4.79 Å². The second-order valence-corrected chi connectivity index (χ2v) is 3.63. The Morgan fingerprint density at radius 2 is 2.46 bits per heavy atom. The number of halogens is 1. The number of amides is 1. The lowest BCUT2D eigenvalue weighted by Gasteiger charge is -2.15. The lowest BCUT2D eigenvalue weighted by atomic mass is 10.2. The monoisotopic (exact) mass is 244 g/mol. The van der Waals surface area contributed by atoms with Crippen molar-refractivity contribution in [3.05, 3.63) is 10.2 Å². The number of nitrogens with zero attached hydrogens (tertiary/aromatic N) is 2. The standard InChI is InChI=1S/C7H9BrN4O/c8-5-4(6(9)13)7-10-2-1-3-12(7)11-5/h10H,1-3H2,(H2,9,13). The van der Waals surface area contributed by atoms with E-state index in [0.717, 1.165) is 25.3 Å². The van der Waals surface area contributed by atoms with Gasteiger partial charge in [0.1, 0.15) is 16.0 Å². The zero-order chi connectivity index (χ0) is 9.42. The van der Waals surface area contributed by atoms with E-state index in [2.05, 4.69) is 26.3 Å². The Kier molecular flexibility index (Phi) is 1.99. The SMILES string of the molecule is NC(=O)c1c(Br)nn2c1NCCC2. The summed E-state index contributed by atoms with van der Waals surface area (Å²) >= 11 is 3.21. The van der Waals surface area contributed by atoms with E-state index in [1.807, 2.05) is 0 Å². The van der Waals surface area contributed by atoms with Crippen LogP contribution in [0.25, 0.3) is 0 Å². The van der Waals surface area contributed by atoms with Crippen LogP contribution in [0.5, 0.6) is 0 Å². The number of rotatable bonds is 1. The molecule has 6 heteroatoms. The van der Waals surface area contributed by atoms with Crippen molar-refractivity contribution in [1.82, 2.24) is 9.78 Å². The maximum atomic E-state index is 11.1. The average Bonchev–Trinajstić information content (AvgIpc) is 2.39. The summed E-state index contributed by atoms with van der Waals surface area (Å²) in [4.78, 5) is 11.1. The Hall–Kier alpha value is -1.04. The number of hydrogen-bond donors (Lipinski definition) is 2. The third kappa shape index (κ3) is 1.31. The molecule has 1 amide bonds. The van der Waals surface area contributed by atoms with E-state index in [1.165, 1.54) is 0 Å². The molecule has 5 nitrogen and oxygen atoms in total. The number of nitrogens with one attached hydrogen (secondary N) is 1. The van der Waals surface area contributed by atoms with Crippen LogP contribution in [-0.4, -0.2) is 22.2 Å². The van der Waals surface area contributed by atoms with Crippen LogP contribution in [0, 0.1) is 0 Å². The van der Waals surface area contributed by atoms with Crippen molar-refractivity contribution in [3.63, 3.8) is 0 Å². The average molecular weight is 245 g/mol. The molecular weight excluding hydrogens is 236 g/mol. The van der Waals surface area contributed by atoms with Gasteiger partial charge >= 0.3 is 0 Å². The van der Waals surface area contributed by atoms with Crippen LogP contribution in [0.2, 0.25) is 0 Å². The minimum atomic E-state index is -0.456. The molecule has 1 aliphatic heterocycles. The minimum Gasteiger partial charge on any atom is -0.370 e. The highest BCUT2D eigenvalue weighted by molar-refractivity contribution is 9.10. The molecule has 0 fully saturated rings. The van der Waals surface area contributed by atoms with Crippen molar-refractivity contribution in [3.8, 4) is 0 Å². The smallest absolute Gasteiger partial charge is 0.255 e. The topological polar surface area (TPSA) is 72.9 Å². The Labute approximate surface area is 83.4 Å². The summed E-state index contributed by atoms with van der Waals surface area (Å²) in [5.41, 5.74) is 5.67. The molecule has 2 rings (SSSR count). The summed E-state index contributed by atoms with van der Waals surface area (Å²) in [5, 5.41) is 7.25. The molecule has 0 atom stereocenters. The fourth-order valence-electron chi connectivity index (χ4n) is 1.43. The maximum absolute atomic E-state index is 11.1. The summed E-state index contributed by atoms with van der Waals surface area (Å²) in [6, 6.07) is 0. The molecule has 0 spiro atoms. The van der Waals surface area contributed by atoms with Crippen LogP contribution in [0.1, 0.15) is 16.8 Å². The van der Waals surface area contributed by atoms with E-state index in [0.29, 0.717) is 10.2 Å². The maximum Gasteiger partial charge on any atom is 0.255 e. The van der Waals surface area contributed by atoms with Crippen molar-refractivity contribution in [1.29, 1.82) is 0 Å². The van der Waals surface area contributed by atoms with Gasteiger partial charge in [0.15, 0.2) is 0 Å². The summed E-state index contributed by atoms with van der Waals surface area (Å²) in [5.74, 6) is 0.271. The van der Waals surface area contributed by atoms with Gasteiger partial charge in [0.25, 0.3) is 5.91 Å². The van der Waals surface area contributed by atoms with Gasteiger partial charge in [-0.2, -0.15) is 5.10 Å². The van der Waals surface area contributed by atoms with Crippen LogP contribution in [-0.2, 0) is 6.54 Å². The predicted octanol–water partition coefficient (Wildman–Crippen LogP) is 0.560. The third-order valence-electron chi connectivity index (χ3n) is 2.00. The Balaban J connectivity index is 2.54. The van der Waals surface area contributed by atoms with Gasteiger partial charge in [-0.3, -0.25) is 4.79 Å². The first-order valence-corrected chi connectivity index (χ1v) is 4.79. The number of anilines is 1. The van der Waals surface area contributed by atoms with E-state index >= 15 is 0 Å². The van der Waals surface area contributed by atoms with Crippen molar-refractivity contribution in [2.75, 3.05) is 11.9 Å². The first kappa shape index (κ1) is 8.55. The molecule has 3 N–H and O–H groups in total. The molecule has 0 radical (unpaired) electrons. The molecule has 13 heavy (non-hydrogen) atoms. The Morgan fingerprint density at radius 1 is 1.69 bits per heavy atom. The molecular formula is C7H9BrN4O. The number of fused-ring (bicyclic) bond motifs is 1. The largest absolute Gasteiger partial charge is 0.370 e. The number of nitrogens with two attached hydrogens (primary N) is 1. The van der Waals surface area contributed by atoms with Crippen LogP contribution < -0.4 is 11.1 Å². The summed E-state index contributed by atoms with van der Waals surface area (Å²) in [6.45, 7) is 1.69. The fraction of sp³-hybridized carbons (Fsp3) is 0.429. The fourth-order valence-corrected chi connectivity index (χ4v) is 2.00. The van der Waals surface area contributed by atoms with Gasteiger partial charge in [0.05, 0.1) is 0 Å². The van der Waals surface area contributed by atoms with E-state index in [4.69, 9.17) is 5.73 Å². The Morgan fingerprint density at radius 3 is 3.15 bits per heavy atom. The van der Waals surface area contributed by atoms with Crippen LogP contribution in [0.3, 0.4) is 0 Å². The number of carbonyl (C=O) groups is 1. The molecule has 0 bridgehead atoms.